The van der Waals surface area contributed by atoms with Gasteiger partial charge in [0.05, 0.1) is 19.3 Å². The summed E-state index contributed by atoms with van der Waals surface area (Å²) >= 11 is 1.29. The zero-order chi connectivity index (χ0) is 23.1. The van der Waals surface area contributed by atoms with Crippen LogP contribution in [0.4, 0.5) is 5.69 Å². The van der Waals surface area contributed by atoms with Crippen LogP contribution in [0.5, 0.6) is 11.5 Å². The van der Waals surface area contributed by atoms with Crippen molar-refractivity contribution in [2.75, 3.05) is 6.61 Å². The van der Waals surface area contributed by atoms with Gasteiger partial charge in [0.15, 0.2) is 5.82 Å². The number of nitrogens with zero attached hydrogens (tertiary/aromatic N) is 3. The van der Waals surface area contributed by atoms with Crippen molar-refractivity contribution in [1.29, 1.82) is 0 Å². The molecule has 0 bridgehead atoms. The fourth-order valence-electron chi connectivity index (χ4n) is 3.13. The smallest absolute Gasteiger partial charge is 0.303 e. The summed E-state index contributed by atoms with van der Waals surface area (Å²) < 4.78 is 15.9. The molecule has 3 aromatic rings. The second kappa shape index (κ2) is 10.7. The first kappa shape index (κ1) is 23.2. The molecule has 0 aliphatic heterocycles. The van der Waals surface area contributed by atoms with Crippen molar-refractivity contribution < 1.29 is 19.4 Å². The number of aliphatic carboxylic acids is 1. The van der Waals surface area contributed by atoms with Gasteiger partial charge in [0.25, 0.3) is 0 Å². The Labute approximate surface area is 191 Å². The molecule has 0 fully saturated rings. The van der Waals surface area contributed by atoms with Crippen LogP contribution in [0, 0.1) is 6.57 Å². The summed E-state index contributed by atoms with van der Waals surface area (Å²) in [7, 11) is 0. The van der Waals surface area contributed by atoms with E-state index in [0.29, 0.717) is 36.0 Å². The standard InChI is InChI=1S/C24H25N3O4S/c1-5-16-13-18(30-12-6-7-22(28)29)9-10-19(16)23-26-24(32-27-23)17-8-11-21(31-15(2)3)20(14-17)25-4/h8-11,13-15H,5-7,12H2,1-3H3,(H,28,29). The second-order valence-electron chi connectivity index (χ2n) is 7.40. The van der Waals surface area contributed by atoms with E-state index in [0.717, 1.165) is 28.1 Å². The van der Waals surface area contributed by atoms with Crippen LogP contribution in [0.1, 0.15) is 39.2 Å². The molecule has 0 unspecified atom stereocenters. The van der Waals surface area contributed by atoms with E-state index in [2.05, 4.69) is 16.1 Å². The molecule has 0 radical (unpaired) electrons. The SMILES string of the molecule is [C-]#[N+]c1cc(-c2nc(-c3ccc(OCCCC(=O)O)cc3CC)ns2)ccc1OC(C)C. The lowest BCUT2D eigenvalue weighted by atomic mass is 10.0. The molecule has 0 saturated heterocycles. The van der Waals surface area contributed by atoms with Gasteiger partial charge in [-0.25, -0.2) is 9.83 Å². The number of rotatable bonds is 10. The van der Waals surface area contributed by atoms with Gasteiger partial charge in [-0.05, 0) is 74.1 Å². The highest BCUT2D eigenvalue weighted by Crippen LogP contribution is 2.36. The zero-order valence-corrected chi connectivity index (χ0v) is 19.1. The Morgan fingerprint density at radius 3 is 2.75 bits per heavy atom. The Hall–Kier alpha value is -3.44. The van der Waals surface area contributed by atoms with Crippen LogP contribution in [0.25, 0.3) is 26.8 Å². The molecular formula is C24H25N3O4S. The number of carboxylic acid groups (broad SMARTS) is 1. The molecule has 0 spiro atoms. The molecule has 8 heteroatoms. The van der Waals surface area contributed by atoms with Crippen LogP contribution >= 0.6 is 11.5 Å². The summed E-state index contributed by atoms with van der Waals surface area (Å²) in [6.45, 7) is 13.7. The molecule has 0 atom stereocenters. The van der Waals surface area contributed by atoms with Gasteiger partial charge < -0.3 is 14.6 Å². The summed E-state index contributed by atoms with van der Waals surface area (Å²) in [6, 6.07) is 11.2. The molecule has 2 aromatic carbocycles. The van der Waals surface area contributed by atoms with Crippen molar-refractivity contribution in [2.24, 2.45) is 0 Å². The van der Waals surface area contributed by atoms with E-state index < -0.39 is 5.97 Å². The maximum Gasteiger partial charge on any atom is 0.303 e. The first-order chi connectivity index (χ1) is 15.4. The lowest BCUT2D eigenvalue weighted by Crippen LogP contribution is -2.05. The number of hydrogen-bond acceptors (Lipinski definition) is 6. The number of aromatic nitrogens is 2. The Bertz CT molecular complexity index is 1130. The van der Waals surface area contributed by atoms with Crippen molar-refractivity contribution in [3.8, 4) is 33.5 Å². The van der Waals surface area contributed by atoms with E-state index >= 15 is 0 Å². The lowest BCUT2D eigenvalue weighted by Gasteiger charge is -2.11. The third kappa shape index (κ3) is 5.83. The predicted molar refractivity (Wildman–Crippen MR) is 125 cm³/mol. The molecule has 166 valence electrons. The van der Waals surface area contributed by atoms with E-state index in [1.54, 1.807) is 12.1 Å². The fraction of sp³-hybridized carbons (Fsp3) is 0.333. The number of benzene rings is 2. The van der Waals surface area contributed by atoms with Gasteiger partial charge in [0.1, 0.15) is 16.5 Å². The molecule has 0 aliphatic rings. The van der Waals surface area contributed by atoms with Crippen molar-refractivity contribution in [3.05, 3.63) is 53.4 Å². The van der Waals surface area contributed by atoms with Crippen LogP contribution in [0.15, 0.2) is 36.4 Å². The summed E-state index contributed by atoms with van der Waals surface area (Å²) in [5.74, 6) is 1.07. The molecule has 1 aromatic heterocycles. The quantitative estimate of drug-likeness (QED) is 0.300. The van der Waals surface area contributed by atoms with Gasteiger partial charge in [-0.2, -0.15) is 4.37 Å². The fourth-order valence-corrected chi connectivity index (χ4v) is 3.80. The summed E-state index contributed by atoms with van der Waals surface area (Å²) in [6.07, 6.45) is 1.32. The predicted octanol–water partition coefficient (Wildman–Crippen LogP) is 6.02. The van der Waals surface area contributed by atoms with Crippen molar-refractivity contribution >= 4 is 23.2 Å². The van der Waals surface area contributed by atoms with Crippen LogP contribution in [-0.2, 0) is 11.2 Å². The molecule has 0 amide bonds. The van der Waals surface area contributed by atoms with Gasteiger partial charge in [0.2, 0.25) is 5.69 Å². The van der Waals surface area contributed by atoms with Gasteiger partial charge in [-0.1, -0.05) is 13.0 Å². The maximum atomic E-state index is 10.6. The third-order valence-corrected chi connectivity index (χ3v) is 5.38. The molecule has 1 heterocycles. The Morgan fingerprint density at radius 1 is 1.25 bits per heavy atom. The molecule has 0 aliphatic carbocycles. The number of carboxylic acids is 1. The highest BCUT2D eigenvalue weighted by molar-refractivity contribution is 7.09. The molecule has 1 N–H and O–H groups in total. The highest BCUT2D eigenvalue weighted by Gasteiger charge is 2.15. The van der Waals surface area contributed by atoms with Gasteiger partial charge in [-0.15, -0.1) is 0 Å². The number of hydrogen-bond donors (Lipinski definition) is 1. The van der Waals surface area contributed by atoms with E-state index in [4.69, 9.17) is 26.1 Å². The van der Waals surface area contributed by atoms with Crippen LogP contribution in [-0.4, -0.2) is 33.1 Å². The Kier molecular flexibility index (Phi) is 7.79. The van der Waals surface area contributed by atoms with Crippen LogP contribution in [0.3, 0.4) is 0 Å². The first-order valence-electron chi connectivity index (χ1n) is 10.4. The van der Waals surface area contributed by atoms with E-state index in [1.165, 1.54) is 11.5 Å². The van der Waals surface area contributed by atoms with Crippen LogP contribution in [0.2, 0.25) is 0 Å². The monoisotopic (exact) mass is 451 g/mol. The highest BCUT2D eigenvalue weighted by atomic mass is 32.1. The zero-order valence-electron chi connectivity index (χ0n) is 18.3. The number of ether oxygens (including phenoxy) is 2. The van der Waals surface area contributed by atoms with Crippen LogP contribution < -0.4 is 9.47 Å². The molecule has 0 saturated carbocycles. The Balaban J connectivity index is 1.80. The summed E-state index contributed by atoms with van der Waals surface area (Å²) in [4.78, 5) is 18.9. The molecular weight excluding hydrogens is 426 g/mol. The van der Waals surface area contributed by atoms with E-state index in [-0.39, 0.29) is 12.5 Å². The molecule has 3 rings (SSSR count). The average Bonchev–Trinajstić information content (AvgIpc) is 3.26. The van der Waals surface area contributed by atoms with Gasteiger partial charge >= 0.3 is 5.97 Å². The minimum absolute atomic E-state index is 0.00827. The topological polar surface area (TPSA) is 85.9 Å². The normalized spacial score (nSPS) is 10.7. The first-order valence-corrected chi connectivity index (χ1v) is 11.2. The lowest BCUT2D eigenvalue weighted by molar-refractivity contribution is -0.137. The van der Waals surface area contributed by atoms with Crippen molar-refractivity contribution in [2.45, 2.75) is 46.1 Å². The third-order valence-electron chi connectivity index (χ3n) is 4.62. The summed E-state index contributed by atoms with van der Waals surface area (Å²) in [5.41, 5.74) is 3.25. The maximum absolute atomic E-state index is 10.6. The number of carbonyl (C=O) groups is 1. The average molecular weight is 452 g/mol. The largest absolute Gasteiger partial charge is 0.502 e. The van der Waals surface area contributed by atoms with Gasteiger partial charge in [0, 0.05) is 17.5 Å². The number of aryl methyl sites for hydroxylation is 1. The molecule has 7 nitrogen and oxygen atoms in total. The summed E-state index contributed by atoms with van der Waals surface area (Å²) in [5, 5.41) is 9.46. The minimum Gasteiger partial charge on any atom is -0.502 e. The van der Waals surface area contributed by atoms with Crippen molar-refractivity contribution in [3.63, 3.8) is 0 Å². The second-order valence-corrected chi connectivity index (χ2v) is 8.15. The van der Waals surface area contributed by atoms with Crippen molar-refractivity contribution in [1.82, 2.24) is 9.36 Å². The van der Waals surface area contributed by atoms with E-state index in [1.807, 2.05) is 38.1 Å². The van der Waals surface area contributed by atoms with Gasteiger partial charge in [-0.3, -0.25) is 4.79 Å². The van der Waals surface area contributed by atoms with E-state index in [9.17, 15) is 4.79 Å². The minimum atomic E-state index is -0.825. The molecule has 32 heavy (non-hydrogen) atoms. The Morgan fingerprint density at radius 2 is 2.06 bits per heavy atom.